The van der Waals surface area contributed by atoms with Gasteiger partial charge in [-0.05, 0) is 25.3 Å². The number of nitrogens with zero attached hydrogens (tertiary/aromatic N) is 3. The number of carboxylic acids is 1. The second-order valence-corrected chi connectivity index (χ2v) is 7.39. The maximum Gasteiger partial charge on any atom is 0.323 e. The average Bonchev–Trinajstić information content (AvgIpc) is 2.94. The lowest BCUT2D eigenvalue weighted by Gasteiger charge is -2.29. The molecule has 1 fully saturated rings. The predicted octanol–water partition coefficient (Wildman–Crippen LogP) is 1.47. The van der Waals surface area contributed by atoms with Crippen LogP contribution >= 0.6 is 0 Å². The van der Waals surface area contributed by atoms with E-state index in [-0.39, 0.29) is 30.0 Å². The van der Waals surface area contributed by atoms with Crippen molar-refractivity contribution in [2.24, 2.45) is 7.05 Å². The number of carboxylic acid groups (broad SMARTS) is 1. The van der Waals surface area contributed by atoms with Crippen molar-refractivity contribution in [2.45, 2.75) is 32.2 Å². The highest BCUT2D eigenvalue weighted by Crippen LogP contribution is 2.22. The number of aryl methyl sites for hydroxylation is 1. The quantitative estimate of drug-likeness (QED) is 0.839. The van der Waals surface area contributed by atoms with Crippen LogP contribution in [-0.4, -0.2) is 62.9 Å². The van der Waals surface area contributed by atoms with Crippen LogP contribution in [0.4, 0.5) is 0 Å². The molecule has 1 N–H and O–H groups in total. The summed E-state index contributed by atoms with van der Waals surface area (Å²) >= 11 is 0. The standard InChI is InChI=1S/C21H25N3O5/c1-14(25)24(13-20(27)28)15-6-5-10-23(11-9-15)21(29)17-12-19(26)22(2)18-8-4-3-7-16(17)18/h3-4,7-8,12,15H,5-6,9-11,13H2,1-2H3,(H,27,28). The topological polar surface area (TPSA) is 99.9 Å². The van der Waals surface area contributed by atoms with Crippen LogP contribution in [0.1, 0.15) is 36.5 Å². The summed E-state index contributed by atoms with van der Waals surface area (Å²) in [5.41, 5.74) is 0.820. The molecule has 1 aromatic carbocycles. The number of carbonyl (C=O) groups excluding carboxylic acids is 2. The third-order valence-corrected chi connectivity index (χ3v) is 5.52. The second kappa shape index (κ2) is 8.46. The van der Waals surface area contributed by atoms with Crippen molar-refractivity contribution in [1.29, 1.82) is 0 Å². The summed E-state index contributed by atoms with van der Waals surface area (Å²) in [5.74, 6) is -1.55. The van der Waals surface area contributed by atoms with Gasteiger partial charge in [-0.15, -0.1) is 0 Å². The molecule has 0 aliphatic carbocycles. The number of amides is 2. The molecule has 1 aromatic heterocycles. The zero-order valence-electron chi connectivity index (χ0n) is 16.6. The van der Waals surface area contributed by atoms with E-state index in [4.69, 9.17) is 5.11 Å². The number of aromatic nitrogens is 1. The fraction of sp³-hybridized carbons (Fsp3) is 0.429. The fourth-order valence-electron chi connectivity index (χ4n) is 3.99. The van der Waals surface area contributed by atoms with Crippen molar-refractivity contribution < 1.29 is 19.5 Å². The van der Waals surface area contributed by atoms with Gasteiger partial charge < -0.3 is 19.5 Å². The Kier molecular flexibility index (Phi) is 6.00. The first-order valence-electron chi connectivity index (χ1n) is 9.66. The molecule has 1 unspecified atom stereocenters. The molecule has 0 saturated carbocycles. The monoisotopic (exact) mass is 399 g/mol. The maximum absolute atomic E-state index is 13.2. The SMILES string of the molecule is CC(=O)N(CC(=O)O)C1CCCN(C(=O)c2cc(=O)n(C)c3ccccc23)CC1. The Bertz CT molecular complexity index is 1010. The number of likely N-dealkylation sites (tertiary alicyclic amines) is 1. The van der Waals surface area contributed by atoms with E-state index < -0.39 is 5.97 Å². The number of rotatable bonds is 4. The lowest BCUT2D eigenvalue weighted by molar-refractivity contribution is -0.145. The number of pyridine rings is 1. The number of carbonyl (C=O) groups is 3. The molecule has 1 aliphatic rings. The molecule has 3 rings (SSSR count). The van der Waals surface area contributed by atoms with Gasteiger partial charge in [0.15, 0.2) is 0 Å². The van der Waals surface area contributed by atoms with Crippen LogP contribution in [0.15, 0.2) is 35.1 Å². The van der Waals surface area contributed by atoms with Gasteiger partial charge in [-0.1, -0.05) is 18.2 Å². The molecule has 2 amide bonds. The van der Waals surface area contributed by atoms with Gasteiger partial charge in [0, 0.05) is 44.6 Å². The minimum absolute atomic E-state index is 0.216. The first kappa shape index (κ1) is 20.6. The number of aliphatic carboxylic acids is 1. The smallest absolute Gasteiger partial charge is 0.323 e. The molecule has 29 heavy (non-hydrogen) atoms. The Morgan fingerprint density at radius 2 is 1.90 bits per heavy atom. The van der Waals surface area contributed by atoms with E-state index in [1.54, 1.807) is 11.9 Å². The summed E-state index contributed by atoms with van der Waals surface area (Å²) in [6.45, 7) is 1.92. The van der Waals surface area contributed by atoms with Crippen LogP contribution in [0, 0.1) is 0 Å². The molecular weight excluding hydrogens is 374 g/mol. The summed E-state index contributed by atoms with van der Waals surface area (Å²) in [7, 11) is 1.67. The van der Waals surface area contributed by atoms with Gasteiger partial charge in [-0.2, -0.15) is 0 Å². The zero-order chi connectivity index (χ0) is 21.1. The molecule has 0 spiro atoms. The van der Waals surface area contributed by atoms with Gasteiger partial charge in [-0.25, -0.2) is 0 Å². The van der Waals surface area contributed by atoms with Crippen LogP contribution in [0.2, 0.25) is 0 Å². The maximum atomic E-state index is 13.2. The minimum Gasteiger partial charge on any atom is -0.480 e. The molecule has 2 aromatic rings. The Morgan fingerprint density at radius 3 is 2.59 bits per heavy atom. The van der Waals surface area contributed by atoms with E-state index >= 15 is 0 Å². The third-order valence-electron chi connectivity index (χ3n) is 5.52. The van der Waals surface area contributed by atoms with Crippen molar-refractivity contribution in [3.8, 4) is 0 Å². The Balaban J connectivity index is 1.84. The van der Waals surface area contributed by atoms with Gasteiger partial charge in [0.05, 0.1) is 11.1 Å². The first-order valence-corrected chi connectivity index (χ1v) is 9.66. The zero-order valence-corrected chi connectivity index (χ0v) is 16.6. The van der Waals surface area contributed by atoms with Crippen molar-refractivity contribution in [3.63, 3.8) is 0 Å². The highest BCUT2D eigenvalue weighted by molar-refractivity contribution is 6.06. The predicted molar refractivity (Wildman–Crippen MR) is 108 cm³/mol. The molecular formula is C21H25N3O5. The van der Waals surface area contributed by atoms with Gasteiger partial charge in [0.1, 0.15) is 6.54 Å². The Morgan fingerprint density at radius 1 is 1.17 bits per heavy atom. The molecule has 1 atom stereocenters. The van der Waals surface area contributed by atoms with E-state index in [0.717, 1.165) is 5.39 Å². The Labute approximate surface area is 168 Å². The van der Waals surface area contributed by atoms with Crippen LogP contribution < -0.4 is 5.56 Å². The van der Waals surface area contributed by atoms with Crippen molar-refractivity contribution in [2.75, 3.05) is 19.6 Å². The third kappa shape index (κ3) is 4.31. The summed E-state index contributed by atoms with van der Waals surface area (Å²) in [5, 5.41) is 9.80. The molecule has 2 heterocycles. The van der Waals surface area contributed by atoms with Crippen LogP contribution in [0.25, 0.3) is 10.9 Å². The van der Waals surface area contributed by atoms with Gasteiger partial charge in [-0.3, -0.25) is 19.2 Å². The van der Waals surface area contributed by atoms with Crippen LogP contribution in [0.3, 0.4) is 0 Å². The summed E-state index contributed by atoms with van der Waals surface area (Å²) in [6, 6.07) is 8.45. The molecule has 8 nitrogen and oxygen atoms in total. The molecule has 0 bridgehead atoms. The van der Waals surface area contributed by atoms with Crippen molar-refractivity contribution in [1.82, 2.24) is 14.4 Å². The van der Waals surface area contributed by atoms with E-state index in [0.29, 0.717) is 43.4 Å². The van der Waals surface area contributed by atoms with Gasteiger partial charge in [0.2, 0.25) is 5.91 Å². The van der Waals surface area contributed by atoms with E-state index in [1.165, 1.54) is 22.5 Å². The molecule has 8 heteroatoms. The molecule has 154 valence electrons. The molecule has 0 radical (unpaired) electrons. The number of benzene rings is 1. The van der Waals surface area contributed by atoms with Gasteiger partial charge in [0.25, 0.3) is 11.5 Å². The summed E-state index contributed by atoms with van der Waals surface area (Å²) in [6.07, 6.45) is 1.79. The Hall–Kier alpha value is -3.16. The normalized spacial score (nSPS) is 17.0. The number of hydrogen-bond acceptors (Lipinski definition) is 4. The number of para-hydroxylation sites is 1. The lowest BCUT2D eigenvalue weighted by Crippen LogP contribution is -2.43. The fourth-order valence-corrected chi connectivity index (χ4v) is 3.99. The first-order chi connectivity index (χ1) is 13.8. The highest BCUT2D eigenvalue weighted by atomic mass is 16.4. The summed E-state index contributed by atoms with van der Waals surface area (Å²) in [4.78, 5) is 51.6. The van der Waals surface area contributed by atoms with Gasteiger partial charge >= 0.3 is 5.97 Å². The average molecular weight is 399 g/mol. The summed E-state index contributed by atoms with van der Waals surface area (Å²) < 4.78 is 1.52. The van der Waals surface area contributed by atoms with Crippen molar-refractivity contribution in [3.05, 3.63) is 46.2 Å². The van der Waals surface area contributed by atoms with Crippen LogP contribution in [-0.2, 0) is 16.6 Å². The minimum atomic E-state index is -1.05. The van der Waals surface area contributed by atoms with E-state index in [2.05, 4.69) is 0 Å². The van der Waals surface area contributed by atoms with Crippen molar-refractivity contribution >= 4 is 28.7 Å². The molecule has 1 aliphatic heterocycles. The van der Waals surface area contributed by atoms with Crippen LogP contribution in [0.5, 0.6) is 0 Å². The number of hydrogen-bond donors (Lipinski definition) is 1. The molecule has 1 saturated heterocycles. The van der Waals surface area contributed by atoms with E-state index in [1.807, 2.05) is 24.3 Å². The largest absolute Gasteiger partial charge is 0.480 e. The van der Waals surface area contributed by atoms with E-state index in [9.17, 15) is 19.2 Å². The second-order valence-electron chi connectivity index (χ2n) is 7.39. The number of fused-ring (bicyclic) bond motifs is 1. The lowest BCUT2D eigenvalue weighted by atomic mass is 10.1. The highest BCUT2D eigenvalue weighted by Gasteiger charge is 2.28.